The first-order valence-corrected chi connectivity index (χ1v) is 10.5. The number of hydrogen-bond donors (Lipinski definition) is 1. The number of aromatic nitrogens is 1. The van der Waals surface area contributed by atoms with E-state index in [2.05, 4.69) is 10.3 Å². The topological polar surface area (TPSA) is 106 Å². The van der Waals surface area contributed by atoms with Crippen LogP contribution < -0.4 is 5.32 Å². The van der Waals surface area contributed by atoms with Crippen molar-refractivity contribution < 1.29 is 31.5 Å². The Kier molecular flexibility index (Phi) is 6.73. The third-order valence-electron chi connectivity index (χ3n) is 4.61. The number of carbonyl (C=O) groups excluding carboxylic acids is 2. The molecule has 30 heavy (non-hydrogen) atoms. The number of benzene rings is 1. The van der Waals surface area contributed by atoms with E-state index in [1.165, 1.54) is 28.8 Å². The summed E-state index contributed by atoms with van der Waals surface area (Å²) >= 11 is 0. The van der Waals surface area contributed by atoms with Crippen LogP contribution in [0.15, 0.2) is 47.6 Å². The molecule has 0 saturated carbocycles. The number of nitrogens with zero attached hydrogens (tertiary/aromatic N) is 2. The minimum absolute atomic E-state index is 0.0794. The van der Waals surface area contributed by atoms with Crippen molar-refractivity contribution in [1.82, 2.24) is 9.29 Å². The molecule has 0 bridgehead atoms. The van der Waals surface area contributed by atoms with Crippen LogP contribution in [-0.2, 0) is 24.3 Å². The Morgan fingerprint density at radius 1 is 1.20 bits per heavy atom. The maximum atomic E-state index is 13.5. The van der Waals surface area contributed by atoms with Crippen LogP contribution in [0.25, 0.3) is 0 Å². The number of carbonyl (C=O) groups is 2. The third-order valence-corrected chi connectivity index (χ3v) is 6.49. The van der Waals surface area contributed by atoms with Crippen LogP contribution in [0.1, 0.15) is 12.8 Å². The van der Waals surface area contributed by atoms with E-state index in [0.717, 1.165) is 12.1 Å². The summed E-state index contributed by atoms with van der Waals surface area (Å²) in [7, 11) is -3.69. The van der Waals surface area contributed by atoms with Gasteiger partial charge in [0, 0.05) is 31.5 Å². The largest absolute Gasteiger partial charge is 0.455 e. The Morgan fingerprint density at radius 3 is 2.57 bits per heavy atom. The molecule has 2 aromatic rings. The molecule has 3 rings (SSSR count). The number of halogens is 2. The number of hydrogen-bond acceptors (Lipinski definition) is 6. The number of ether oxygens (including phenoxy) is 1. The molecule has 1 fully saturated rings. The highest BCUT2D eigenvalue weighted by Crippen LogP contribution is 2.24. The van der Waals surface area contributed by atoms with Gasteiger partial charge in [-0.3, -0.25) is 14.6 Å². The molecule has 0 radical (unpaired) electrons. The molecule has 160 valence electrons. The van der Waals surface area contributed by atoms with Crippen LogP contribution >= 0.6 is 0 Å². The number of rotatable bonds is 6. The van der Waals surface area contributed by atoms with Gasteiger partial charge >= 0.3 is 5.97 Å². The molecule has 0 spiro atoms. The van der Waals surface area contributed by atoms with Crippen molar-refractivity contribution in [3.8, 4) is 0 Å². The summed E-state index contributed by atoms with van der Waals surface area (Å²) in [5.74, 6) is -3.69. The Morgan fingerprint density at radius 2 is 1.93 bits per heavy atom. The Hall–Kier alpha value is -2.92. The lowest BCUT2D eigenvalue weighted by molar-refractivity contribution is -0.152. The standard InChI is InChI=1S/C19H19F2N3O5S/c20-14-3-4-17(16(21)10-14)23-18(25)12-29-19(26)13-5-8-24(9-6-13)30(27,28)15-2-1-7-22-11-15/h1-4,7,10-11,13H,5-6,8-9,12H2,(H,23,25). The number of nitrogens with one attached hydrogen (secondary N) is 1. The molecule has 1 aromatic heterocycles. The van der Waals surface area contributed by atoms with Crippen molar-refractivity contribution >= 4 is 27.6 Å². The molecule has 1 aliphatic rings. The molecule has 1 saturated heterocycles. The Bertz CT molecular complexity index is 1030. The average molecular weight is 439 g/mol. The molecule has 1 aliphatic heterocycles. The summed E-state index contributed by atoms with van der Waals surface area (Å²) in [4.78, 5) is 27.9. The van der Waals surface area contributed by atoms with E-state index in [0.29, 0.717) is 6.07 Å². The van der Waals surface area contributed by atoms with Crippen molar-refractivity contribution in [2.45, 2.75) is 17.7 Å². The van der Waals surface area contributed by atoms with Crippen LogP contribution in [0.2, 0.25) is 0 Å². The van der Waals surface area contributed by atoms with Gasteiger partial charge in [-0.2, -0.15) is 4.31 Å². The normalized spacial score (nSPS) is 15.5. The Labute approximate surface area is 171 Å². The number of esters is 1. The van der Waals surface area contributed by atoms with Gasteiger partial charge in [0.15, 0.2) is 6.61 Å². The fraction of sp³-hybridized carbons (Fsp3) is 0.316. The van der Waals surface area contributed by atoms with E-state index in [9.17, 15) is 26.8 Å². The number of anilines is 1. The second-order valence-electron chi connectivity index (χ2n) is 6.65. The van der Waals surface area contributed by atoms with Gasteiger partial charge < -0.3 is 10.1 Å². The summed E-state index contributed by atoms with van der Waals surface area (Å²) in [6.07, 6.45) is 3.22. The maximum absolute atomic E-state index is 13.5. The van der Waals surface area contributed by atoms with Crippen molar-refractivity contribution in [2.24, 2.45) is 5.92 Å². The van der Waals surface area contributed by atoms with Gasteiger partial charge in [-0.1, -0.05) is 0 Å². The minimum Gasteiger partial charge on any atom is -0.455 e. The van der Waals surface area contributed by atoms with Gasteiger partial charge in [-0.25, -0.2) is 17.2 Å². The minimum atomic E-state index is -3.69. The van der Waals surface area contributed by atoms with Crippen molar-refractivity contribution in [1.29, 1.82) is 0 Å². The first-order valence-electron chi connectivity index (χ1n) is 9.09. The highest BCUT2D eigenvalue weighted by Gasteiger charge is 2.33. The summed E-state index contributed by atoms with van der Waals surface area (Å²) in [5, 5.41) is 2.19. The second-order valence-corrected chi connectivity index (χ2v) is 8.59. The van der Waals surface area contributed by atoms with Crippen LogP contribution in [0.4, 0.5) is 14.5 Å². The van der Waals surface area contributed by atoms with E-state index in [1.807, 2.05) is 0 Å². The fourth-order valence-corrected chi connectivity index (χ4v) is 4.45. The van der Waals surface area contributed by atoms with Crippen LogP contribution in [-0.4, -0.2) is 49.3 Å². The molecule has 0 aliphatic carbocycles. The van der Waals surface area contributed by atoms with Gasteiger partial charge in [-0.15, -0.1) is 0 Å². The van der Waals surface area contributed by atoms with E-state index < -0.39 is 46.1 Å². The zero-order valence-electron chi connectivity index (χ0n) is 15.8. The molecule has 8 nitrogen and oxygen atoms in total. The molecule has 2 heterocycles. The molecular formula is C19H19F2N3O5S. The second kappa shape index (κ2) is 9.26. The fourth-order valence-electron chi connectivity index (χ4n) is 3.01. The molecule has 0 atom stereocenters. The third kappa shape index (κ3) is 5.16. The van der Waals surface area contributed by atoms with Crippen molar-refractivity contribution in [3.63, 3.8) is 0 Å². The van der Waals surface area contributed by atoms with E-state index in [-0.39, 0.29) is 36.5 Å². The molecule has 1 amide bonds. The number of pyridine rings is 1. The lowest BCUT2D eigenvalue weighted by atomic mass is 9.98. The monoisotopic (exact) mass is 439 g/mol. The van der Waals surface area contributed by atoms with E-state index in [4.69, 9.17) is 4.74 Å². The van der Waals surface area contributed by atoms with Gasteiger partial charge in [-0.05, 0) is 37.1 Å². The van der Waals surface area contributed by atoms with Gasteiger partial charge in [0.1, 0.15) is 16.5 Å². The first-order chi connectivity index (χ1) is 14.3. The van der Waals surface area contributed by atoms with Crippen LogP contribution in [0, 0.1) is 17.6 Å². The first kappa shape index (κ1) is 21.8. The molecule has 1 aromatic carbocycles. The zero-order valence-corrected chi connectivity index (χ0v) is 16.6. The molecule has 0 unspecified atom stereocenters. The molecular weight excluding hydrogens is 420 g/mol. The number of piperidine rings is 1. The van der Waals surface area contributed by atoms with Gasteiger partial charge in [0.2, 0.25) is 10.0 Å². The SMILES string of the molecule is O=C(COC(=O)C1CCN(S(=O)(=O)c2cccnc2)CC1)Nc1ccc(F)cc1F. The highest BCUT2D eigenvalue weighted by atomic mass is 32.2. The summed E-state index contributed by atoms with van der Waals surface area (Å²) in [6.45, 7) is -0.377. The van der Waals surface area contributed by atoms with Crippen molar-refractivity contribution in [3.05, 3.63) is 54.4 Å². The van der Waals surface area contributed by atoms with Crippen molar-refractivity contribution in [2.75, 3.05) is 25.0 Å². The predicted molar refractivity (Wildman–Crippen MR) is 102 cm³/mol. The van der Waals surface area contributed by atoms with Crippen LogP contribution in [0.3, 0.4) is 0 Å². The average Bonchev–Trinajstić information content (AvgIpc) is 2.75. The quantitative estimate of drug-likeness (QED) is 0.690. The van der Waals surface area contributed by atoms with Gasteiger partial charge in [0.05, 0.1) is 11.6 Å². The lowest BCUT2D eigenvalue weighted by Gasteiger charge is -2.29. The maximum Gasteiger partial charge on any atom is 0.309 e. The number of amides is 1. The summed E-state index contributed by atoms with van der Waals surface area (Å²) in [6, 6.07) is 5.64. The van der Waals surface area contributed by atoms with E-state index in [1.54, 1.807) is 0 Å². The molecule has 11 heteroatoms. The Balaban J connectivity index is 1.48. The zero-order chi connectivity index (χ0) is 21.7. The lowest BCUT2D eigenvalue weighted by Crippen LogP contribution is -2.41. The predicted octanol–water partition coefficient (Wildman–Crippen LogP) is 1.94. The smallest absolute Gasteiger partial charge is 0.309 e. The number of sulfonamides is 1. The summed E-state index contributed by atoms with van der Waals surface area (Å²) < 4.78 is 57.8. The summed E-state index contributed by atoms with van der Waals surface area (Å²) in [5.41, 5.74) is -0.230. The highest BCUT2D eigenvalue weighted by molar-refractivity contribution is 7.89. The molecule has 1 N–H and O–H groups in total. The van der Waals surface area contributed by atoms with Crippen LogP contribution in [0.5, 0.6) is 0 Å². The van der Waals surface area contributed by atoms with Gasteiger partial charge in [0.25, 0.3) is 5.91 Å². The van der Waals surface area contributed by atoms with E-state index >= 15 is 0 Å².